The van der Waals surface area contributed by atoms with Crippen LogP contribution < -0.4 is 0 Å². The second-order valence-electron chi connectivity index (χ2n) is 5.99. The van der Waals surface area contributed by atoms with Gasteiger partial charge in [0.15, 0.2) is 0 Å². The number of esters is 1. The van der Waals surface area contributed by atoms with E-state index in [-0.39, 0.29) is 31.4 Å². The largest absolute Gasteiger partial charge is 0.463 e. The van der Waals surface area contributed by atoms with Crippen LogP contribution in [0.2, 0.25) is 0 Å². The Morgan fingerprint density at radius 3 is 1.95 bits per heavy atom. The van der Waals surface area contributed by atoms with Gasteiger partial charge in [0, 0.05) is 0 Å². The molecule has 3 atom stereocenters. The highest BCUT2D eigenvalue weighted by Crippen LogP contribution is 2.15. The summed E-state index contributed by atoms with van der Waals surface area (Å²) in [5.74, 6) is -0.235. The normalized spacial score (nSPS) is 16.8. The van der Waals surface area contributed by atoms with E-state index < -0.39 is 11.5 Å². The molecule has 0 fully saturated rings. The number of hydrogen-bond acceptors (Lipinski definition) is 5. The highest BCUT2D eigenvalue weighted by Gasteiger charge is 2.23. The Labute approximate surface area is 116 Å². The van der Waals surface area contributed by atoms with Crippen LogP contribution in [-0.4, -0.2) is 49.2 Å². The van der Waals surface area contributed by atoms with Crippen molar-refractivity contribution in [2.45, 2.75) is 59.9 Å². The predicted octanol–water partition coefficient (Wildman–Crippen LogP) is 1.77. The number of aliphatic hydroxyl groups is 1. The number of hydrogen-bond donors (Lipinski definition) is 1. The molecule has 0 aliphatic rings. The van der Waals surface area contributed by atoms with Crippen molar-refractivity contribution < 1.29 is 24.1 Å². The molecule has 0 aromatic heterocycles. The molecule has 5 heteroatoms. The minimum Gasteiger partial charge on any atom is -0.463 e. The lowest BCUT2D eigenvalue weighted by molar-refractivity contribution is -0.157. The quantitative estimate of drug-likeness (QED) is 0.684. The predicted molar refractivity (Wildman–Crippen MR) is 72.9 cm³/mol. The smallest absolute Gasteiger partial charge is 0.311 e. The van der Waals surface area contributed by atoms with Crippen LogP contribution in [0, 0.1) is 5.41 Å². The molecule has 19 heavy (non-hydrogen) atoms. The molecular weight excluding hydrogens is 248 g/mol. The maximum atomic E-state index is 11.6. The molecule has 0 aromatic rings. The third-order valence-corrected chi connectivity index (χ3v) is 2.30. The van der Waals surface area contributed by atoms with Gasteiger partial charge in [0.05, 0.1) is 36.9 Å². The molecule has 3 unspecified atom stereocenters. The molecule has 0 rings (SSSR count). The van der Waals surface area contributed by atoms with Crippen LogP contribution in [0.3, 0.4) is 0 Å². The first-order valence-corrected chi connectivity index (χ1v) is 6.71. The molecule has 0 aromatic carbocycles. The zero-order chi connectivity index (χ0) is 15.1. The van der Waals surface area contributed by atoms with Gasteiger partial charge in [0.1, 0.15) is 6.61 Å². The molecule has 0 saturated carbocycles. The fraction of sp³-hybridized carbons (Fsp3) is 0.929. The van der Waals surface area contributed by atoms with Crippen molar-refractivity contribution in [3.8, 4) is 0 Å². The summed E-state index contributed by atoms with van der Waals surface area (Å²) < 4.78 is 16.0. The number of ether oxygens (including phenoxy) is 3. The van der Waals surface area contributed by atoms with Crippen molar-refractivity contribution >= 4 is 5.97 Å². The molecule has 0 aliphatic carbocycles. The van der Waals surface area contributed by atoms with Crippen LogP contribution in [0.1, 0.15) is 41.5 Å². The molecule has 0 saturated heterocycles. The Bertz CT molecular complexity index is 257. The SMILES string of the molecule is CC(O)COC(C)COC(C)COC(=O)C(C)(C)C. The number of rotatable bonds is 8. The molecular formula is C14H28O5. The Morgan fingerprint density at radius 2 is 1.47 bits per heavy atom. The molecule has 0 amide bonds. The van der Waals surface area contributed by atoms with Crippen LogP contribution in [0.15, 0.2) is 0 Å². The molecule has 0 spiro atoms. The summed E-state index contributed by atoms with van der Waals surface area (Å²) in [5.41, 5.74) is -0.493. The molecule has 0 bridgehead atoms. The first-order valence-electron chi connectivity index (χ1n) is 6.71. The summed E-state index contributed by atoms with van der Waals surface area (Å²) in [6, 6.07) is 0. The molecule has 0 aliphatic heterocycles. The van der Waals surface area contributed by atoms with Crippen LogP contribution in [0.4, 0.5) is 0 Å². The summed E-state index contributed by atoms with van der Waals surface area (Å²) in [5, 5.41) is 9.08. The van der Waals surface area contributed by atoms with Crippen molar-refractivity contribution in [3.63, 3.8) is 0 Å². The fourth-order valence-corrected chi connectivity index (χ4v) is 1.11. The van der Waals surface area contributed by atoms with Gasteiger partial charge in [-0.3, -0.25) is 4.79 Å². The molecule has 0 heterocycles. The summed E-state index contributed by atoms with van der Waals surface area (Å²) in [7, 11) is 0. The Kier molecular flexibility index (Phi) is 8.22. The van der Waals surface area contributed by atoms with E-state index in [9.17, 15) is 4.79 Å². The van der Waals surface area contributed by atoms with Gasteiger partial charge in [-0.2, -0.15) is 0 Å². The lowest BCUT2D eigenvalue weighted by Gasteiger charge is -2.21. The minimum absolute atomic E-state index is 0.102. The van der Waals surface area contributed by atoms with Gasteiger partial charge < -0.3 is 19.3 Å². The van der Waals surface area contributed by atoms with Crippen molar-refractivity contribution in [2.24, 2.45) is 5.41 Å². The van der Waals surface area contributed by atoms with Crippen molar-refractivity contribution in [1.29, 1.82) is 0 Å². The molecule has 114 valence electrons. The molecule has 5 nitrogen and oxygen atoms in total. The number of aliphatic hydroxyl groups excluding tert-OH is 1. The third kappa shape index (κ3) is 9.87. The minimum atomic E-state index is -0.493. The van der Waals surface area contributed by atoms with Gasteiger partial charge in [-0.1, -0.05) is 0 Å². The van der Waals surface area contributed by atoms with Crippen LogP contribution in [-0.2, 0) is 19.0 Å². The van der Waals surface area contributed by atoms with Gasteiger partial charge in [-0.25, -0.2) is 0 Å². The Hall–Kier alpha value is -0.650. The van der Waals surface area contributed by atoms with Crippen LogP contribution in [0.25, 0.3) is 0 Å². The van der Waals surface area contributed by atoms with Crippen molar-refractivity contribution in [1.82, 2.24) is 0 Å². The monoisotopic (exact) mass is 276 g/mol. The summed E-state index contributed by atoms with van der Waals surface area (Å²) in [4.78, 5) is 11.6. The number of carbonyl (C=O) groups excluding carboxylic acids is 1. The van der Waals surface area contributed by atoms with Gasteiger partial charge in [0.25, 0.3) is 0 Å². The number of carbonyl (C=O) groups is 1. The van der Waals surface area contributed by atoms with E-state index in [2.05, 4.69) is 0 Å². The first kappa shape index (κ1) is 18.4. The lowest BCUT2D eigenvalue weighted by atomic mass is 9.97. The van der Waals surface area contributed by atoms with E-state index in [0.717, 1.165) is 0 Å². The summed E-state index contributed by atoms with van der Waals surface area (Å²) >= 11 is 0. The second kappa shape index (κ2) is 8.51. The zero-order valence-electron chi connectivity index (χ0n) is 12.9. The fourth-order valence-electron chi connectivity index (χ4n) is 1.11. The average molecular weight is 276 g/mol. The van der Waals surface area contributed by atoms with Gasteiger partial charge >= 0.3 is 5.97 Å². The maximum Gasteiger partial charge on any atom is 0.311 e. The highest BCUT2D eigenvalue weighted by molar-refractivity contribution is 5.75. The Balaban J connectivity index is 3.75. The van der Waals surface area contributed by atoms with E-state index in [1.807, 2.05) is 34.6 Å². The van der Waals surface area contributed by atoms with E-state index in [1.165, 1.54) is 0 Å². The van der Waals surface area contributed by atoms with Crippen LogP contribution >= 0.6 is 0 Å². The third-order valence-electron chi connectivity index (χ3n) is 2.30. The van der Waals surface area contributed by atoms with Gasteiger partial charge in [-0.05, 0) is 41.5 Å². The molecule has 0 radical (unpaired) electrons. The van der Waals surface area contributed by atoms with E-state index in [1.54, 1.807) is 6.92 Å². The molecule has 1 N–H and O–H groups in total. The van der Waals surface area contributed by atoms with Gasteiger partial charge in [-0.15, -0.1) is 0 Å². The maximum absolute atomic E-state index is 11.6. The lowest BCUT2D eigenvalue weighted by Crippen LogP contribution is -2.29. The second-order valence-corrected chi connectivity index (χ2v) is 5.99. The summed E-state index contributed by atoms with van der Waals surface area (Å²) in [6.07, 6.45) is -0.758. The van der Waals surface area contributed by atoms with E-state index in [0.29, 0.717) is 6.61 Å². The van der Waals surface area contributed by atoms with E-state index >= 15 is 0 Å². The standard InChI is InChI=1S/C14H28O5/c1-10(15)7-17-11(2)8-18-12(3)9-19-13(16)14(4,5)6/h10-12,15H,7-9H2,1-6H3. The van der Waals surface area contributed by atoms with E-state index in [4.69, 9.17) is 19.3 Å². The van der Waals surface area contributed by atoms with Crippen LogP contribution in [0.5, 0.6) is 0 Å². The summed E-state index contributed by atoms with van der Waals surface area (Å²) in [6.45, 7) is 11.8. The van der Waals surface area contributed by atoms with Gasteiger partial charge in [0.2, 0.25) is 0 Å². The highest BCUT2D eigenvalue weighted by atomic mass is 16.6. The first-order chi connectivity index (χ1) is 8.62. The Morgan fingerprint density at radius 1 is 1.00 bits per heavy atom. The average Bonchev–Trinajstić information content (AvgIpc) is 2.29. The van der Waals surface area contributed by atoms with Crippen molar-refractivity contribution in [3.05, 3.63) is 0 Å². The zero-order valence-corrected chi connectivity index (χ0v) is 12.9. The topological polar surface area (TPSA) is 65.0 Å². The van der Waals surface area contributed by atoms with Crippen molar-refractivity contribution in [2.75, 3.05) is 19.8 Å².